The topological polar surface area (TPSA) is 93.1 Å². The molecule has 1 aromatic heterocycles. The van der Waals surface area contributed by atoms with Gasteiger partial charge in [0.25, 0.3) is 0 Å². The molecule has 2 aromatic rings. The number of thioether (sulfide) groups is 1. The number of benzene rings is 1. The predicted octanol–water partition coefficient (Wildman–Crippen LogP) is 1.94. The first kappa shape index (κ1) is 22.4. The van der Waals surface area contributed by atoms with Gasteiger partial charge in [-0.1, -0.05) is 12.1 Å². The van der Waals surface area contributed by atoms with Gasteiger partial charge in [0.05, 0.1) is 6.20 Å². The van der Waals surface area contributed by atoms with E-state index >= 15 is 0 Å². The van der Waals surface area contributed by atoms with Gasteiger partial charge >= 0.3 is 0 Å². The molecule has 1 aromatic carbocycles. The lowest BCUT2D eigenvalue weighted by Crippen LogP contribution is -2.47. The molecule has 0 saturated heterocycles. The van der Waals surface area contributed by atoms with Crippen molar-refractivity contribution in [1.29, 1.82) is 0 Å². The van der Waals surface area contributed by atoms with Gasteiger partial charge in [-0.25, -0.2) is 12.8 Å². The molecule has 1 atom stereocenters. The summed E-state index contributed by atoms with van der Waals surface area (Å²) in [5.41, 5.74) is 1.06. The lowest BCUT2D eigenvalue weighted by Gasteiger charge is -2.18. The SMILES string of the molecule is CSCCC(NS(=O)(=O)c1ccccc1F)C(=O)NCCCn1cc(C)cn1. The Morgan fingerprint density at radius 2 is 2.11 bits per heavy atom. The molecule has 10 heteroatoms. The molecule has 0 aliphatic heterocycles. The zero-order valence-corrected chi connectivity index (χ0v) is 17.5. The molecule has 0 saturated carbocycles. The maximum Gasteiger partial charge on any atom is 0.244 e. The molecule has 7 nitrogen and oxygen atoms in total. The van der Waals surface area contributed by atoms with Crippen LogP contribution in [0.4, 0.5) is 4.39 Å². The number of nitrogens with zero attached hydrogens (tertiary/aromatic N) is 2. The molecule has 154 valence electrons. The maximum atomic E-state index is 13.9. The van der Waals surface area contributed by atoms with Crippen LogP contribution in [0.2, 0.25) is 0 Å². The number of aryl methyl sites for hydroxylation is 2. The van der Waals surface area contributed by atoms with Crippen molar-refractivity contribution in [3.05, 3.63) is 48.0 Å². The molecule has 1 unspecified atom stereocenters. The summed E-state index contributed by atoms with van der Waals surface area (Å²) < 4.78 is 43.0. The zero-order valence-electron chi connectivity index (χ0n) is 15.9. The highest BCUT2D eigenvalue weighted by atomic mass is 32.2. The molecule has 2 N–H and O–H groups in total. The van der Waals surface area contributed by atoms with Crippen molar-refractivity contribution in [2.45, 2.75) is 37.2 Å². The minimum atomic E-state index is -4.15. The van der Waals surface area contributed by atoms with Crippen LogP contribution >= 0.6 is 11.8 Å². The van der Waals surface area contributed by atoms with Gasteiger partial charge in [0.15, 0.2) is 0 Å². The molecule has 0 aliphatic rings. The Labute approximate surface area is 169 Å². The lowest BCUT2D eigenvalue weighted by atomic mass is 10.2. The van der Waals surface area contributed by atoms with Crippen LogP contribution in [0.1, 0.15) is 18.4 Å². The summed E-state index contributed by atoms with van der Waals surface area (Å²) in [5, 5.41) is 6.92. The Hall–Kier alpha value is -1.91. The second-order valence-electron chi connectivity index (χ2n) is 6.31. The fourth-order valence-electron chi connectivity index (χ4n) is 2.56. The van der Waals surface area contributed by atoms with Crippen molar-refractivity contribution in [3.63, 3.8) is 0 Å². The molecule has 2 rings (SSSR count). The maximum absolute atomic E-state index is 13.9. The van der Waals surface area contributed by atoms with Crippen molar-refractivity contribution in [3.8, 4) is 0 Å². The number of carbonyl (C=O) groups excluding carboxylic acids is 1. The number of rotatable bonds is 11. The van der Waals surface area contributed by atoms with Crippen LogP contribution in [-0.2, 0) is 21.4 Å². The number of carbonyl (C=O) groups is 1. The van der Waals surface area contributed by atoms with Gasteiger partial charge < -0.3 is 5.32 Å². The molecule has 1 heterocycles. The number of nitrogens with one attached hydrogen (secondary N) is 2. The monoisotopic (exact) mass is 428 g/mol. The van der Waals surface area contributed by atoms with E-state index in [0.717, 1.165) is 11.6 Å². The van der Waals surface area contributed by atoms with E-state index in [-0.39, 0.29) is 0 Å². The van der Waals surface area contributed by atoms with Crippen LogP contribution in [-0.4, -0.2) is 48.7 Å². The Morgan fingerprint density at radius 1 is 1.36 bits per heavy atom. The molecule has 0 bridgehead atoms. The average Bonchev–Trinajstić information content (AvgIpc) is 3.07. The standard InChI is InChI=1S/C18H25FN4O3S2/c1-14-12-21-23(13-14)10-5-9-20-18(24)16(8-11-27-2)22-28(25,26)17-7-4-3-6-15(17)19/h3-4,6-7,12-13,16,22H,5,8-11H2,1-2H3,(H,20,24). The van der Waals surface area contributed by atoms with E-state index in [1.165, 1.54) is 30.0 Å². The van der Waals surface area contributed by atoms with Crippen molar-refractivity contribution in [2.75, 3.05) is 18.6 Å². The van der Waals surface area contributed by atoms with Gasteiger partial charge in [-0.2, -0.15) is 21.6 Å². The average molecular weight is 429 g/mol. The zero-order chi connectivity index (χ0) is 20.6. The predicted molar refractivity (Wildman–Crippen MR) is 108 cm³/mol. The summed E-state index contributed by atoms with van der Waals surface area (Å²) in [7, 11) is -4.15. The quantitative estimate of drug-likeness (QED) is 0.534. The second-order valence-corrected chi connectivity index (χ2v) is 8.98. The first-order chi connectivity index (χ1) is 13.3. The number of hydrogen-bond donors (Lipinski definition) is 2. The van der Waals surface area contributed by atoms with Crippen LogP contribution < -0.4 is 10.0 Å². The first-order valence-corrected chi connectivity index (χ1v) is 11.7. The Balaban J connectivity index is 1.95. The highest BCUT2D eigenvalue weighted by Gasteiger charge is 2.27. The third-order valence-corrected chi connectivity index (χ3v) is 6.13. The summed E-state index contributed by atoms with van der Waals surface area (Å²) in [6, 6.07) is 4.12. The fraction of sp³-hybridized carbons (Fsp3) is 0.444. The summed E-state index contributed by atoms with van der Waals surface area (Å²) in [4.78, 5) is 12.0. The molecule has 0 fully saturated rings. The van der Waals surface area contributed by atoms with E-state index in [0.29, 0.717) is 31.7 Å². The van der Waals surface area contributed by atoms with Gasteiger partial charge in [-0.15, -0.1) is 0 Å². The van der Waals surface area contributed by atoms with Gasteiger partial charge in [-0.05, 0) is 49.5 Å². The van der Waals surface area contributed by atoms with E-state index in [1.807, 2.05) is 19.4 Å². The molecular weight excluding hydrogens is 403 g/mol. The van der Waals surface area contributed by atoms with Crippen LogP contribution in [0.3, 0.4) is 0 Å². The summed E-state index contributed by atoms with van der Waals surface area (Å²) in [5.74, 6) is -0.691. The van der Waals surface area contributed by atoms with Crippen LogP contribution in [0.5, 0.6) is 0 Å². The largest absolute Gasteiger partial charge is 0.355 e. The first-order valence-electron chi connectivity index (χ1n) is 8.86. The molecule has 28 heavy (non-hydrogen) atoms. The number of halogens is 1. The van der Waals surface area contributed by atoms with E-state index in [9.17, 15) is 17.6 Å². The van der Waals surface area contributed by atoms with Crippen LogP contribution in [0.25, 0.3) is 0 Å². The van der Waals surface area contributed by atoms with E-state index in [4.69, 9.17) is 0 Å². The Morgan fingerprint density at radius 3 is 2.75 bits per heavy atom. The lowest BCUT2D eigenvalue weighted by molar-refractivity contribution is -0.122. The molecule has 0 spiro atoms. The summed E-state index contributed by atoms with van der Waals surface area (Å²) in [6.07, 6.45) is 6.49. The normalized spacial score (nSPS) is 12.7. The van der Waals surface area contributed by atoms with Crippen molar-refractivity contribution in [1.82, 2.24) is 19.8 Å². The minimum absolute atomic E-state index is 0.305. The summed E-state index contributed by atoms with van der Waals surface area (Å²) in [6.45, 7) is 2.97. The third-order valence-electron chi connectivity index (χ3n) is 3.98. The molecule has 0 aliphatic carbocycles. The second kappa shape index (κ2) is 10.6. The van der Waals surface area contributed by atoms with E-state index < -0.39 is 32.7 Å². The Kier molecular flexibility index (Phi) is 8.46. The van der Waals surface area contributed by atoms with Gasteiger partial charge in [0, 0.05) is 19.3 Å². The fourth-order valence-corrected chi connectivity index (χ4v) is 4.34. The number of aromatic nitrogens is 2. The van der Waals surface area contributed by atoms with E-state index in [1.54, 1.807) is 10.9 Å². The minimum Gasteiger partial charge on any atom is -0.355 e. The number of hydrogen-bond acceptors (Lipinski definition) is 5. The van der Waals surface area contributed by atoms with Gasteiger partial charge in [-0.3, -0.25) is 9.48 Å². The highest BCUT2D eigenvalue weighted by Crippen LogP contribution is 2.15. The third kappa shape index (κ3) is 6.61. The molecule has 1 amide bonds. The van der Waals surface area contributed by atoms with Crippen molar-refractivity contribution in [2.24, 2.45) is 0 Å². The number of sulfonamides is 1. The van der Waals surface area contributed by atoms with Crippen molar-refractivity contribution >= 4 is 27.7 Å². The highest BCUT2D eigenvalue weighted by molar-refractivity contribution is 7.98. The Bertz CT molecular complexity index is 886. The van der Waals surface area contributed by atoms with Gasteiger partial charge in [0.2, 0.25) is 15.9 Å². The summed E-state index contributed by atoms with van der Waals surface area (Å²) >= 11 is 1.50. The van der Waals surface area contributed by atoms with Crippen LogP contribution in [0, 0.1) is 12.7 Å². The molecule has 0 radical (unpaired) electrons. The van der Waals surface area contributed by atoms with Gasteiger partial charge in [0.1, 0.15) is 16.8 Å². The van der Waals surface area contributed by atoms with Crippen molar-refractivity contribution < 1.29 is 17.6 Å². The number of amides is 1. The smallest absolute Gasteiger partial charge is 0.244 e. The van der Waals surface area contributed by atoms with E-state index in [2.05, 4.69) is 15.1 Å². The molecular formula is C18H25FN4O3S2. The van der Waals surface area contributed by atoms with Crippen LogP contribution in [0.15, 0.2) is 41.6 Å².